The van der Waals surface area contributed by atoms with Crippen molar-refractivity contribution in [3.63, 3.8) is 0 Å². The van der Waals surface area contributed by atoms with Crippen LogP contribution in [0.5, 0.6) is 0 Å². The third-order valence-corrected chi connectivity index (χ3v) is 1.33. The normalized spacial score (nSPS) is 10.7. The van der Waals surface area contributed by atoms with Gasteiger partial charge in [-0.3, -0.25) is 0 Å². The van der Waals surface area contributed by atoms with Crippen LogP contribution in [-0.4, -0.2) is 12.6 Å². The maximum atomic E-state index is 3.38. The molecule has 0 atom stereocenters. The molecule has 0 fully saturated rings. The van der Waals surface area contributed by atoms with Crippen LogP contribution >= 0.6 is 0 Å². The Bertz CT molecular complexity index is 50.5. The molecule has 0 saturated heterocycles. The Labute approximate surface area is 58.8 Å². The van der Waals surface area contributed by atoms with Crippen molar-refractivity contribution in [3.05, 3.63) is 0 Å². The lowest BCUT2D eigenvalue weighted by Gasteiger charge is -2.05. The fraction of sp³-hybridized carbons (Fsp3) is 1.00. The largest absolute Gasteiger partial charge is 0.315 e. The van der Waals surface area contributed by atoms with Crippen LogP contribution in [0.1, 0.15) is 40.0 Å². The van der Waals surface area contributed by atoms with E-state index in [-0.39, 0.29) is 0 Å². The Kier molecular flexibility index (Phi) is 6.06. The molecule has 0 unspecified atom stereocenters. The summed E-state index contributed by atoms with van der Waals surface area (Å²) in [4.78, 5) is 0. The maximum absolute atomic E-state index is 3.38. The summed E-state index contributed by atoms with van der Waals surface area (Å²) in [6.45, 7) is 7.79. The molecule has 1 N–H and O–H groups in total. The Hall–Kier alpha value is -0.0400. The highest BCUT2D eigenvalue weighted by atomic mass is 14.9. The molecular weight excluding hydrogens is 110 g/mol. The topological polar surface area (TPSA) is 12.0 Å². The van der Waals surface area contributed by atoms with Crippen molar-refractivity contribution in [1.29, 1.82) is 0 Å². The first-order valence-electron chi connectivity index (χ1n) is 4.00. The van der Waals surface area contributed by atoms with Gasteiger partial charge in [-0.1, -0.05) is 33.6 Å². The van der Waals surface area contributed by atoms with Gasteiger partial charge in [0, 0.05) is 6.04 Å². The van der Waals surface area contributed by atoms with E-state index in [1.165, 1.54) is 25.8 Å². The molecule has 0 amide bonds. The van der Waals surface area contributed by atoms with Crippen LogP contribution in [0.3, 0.4) is 0 Å². The summed E-state index contributed by atoms with van der Waals surface area (Å²) >= 11 is 0. The Morgan fingerprint density at radius 1 is 1.22 bits per heavy atom. The summed E-state index contributed by atoms with van der Waals surface area (Å²) in [6.07, 6.45) is 4.01. The lowest BCUT2D eigenvalue weighted by Crippen LogP contribution is -2.23. The van der Waals surface area contributed by atoms with Gasteiger partial charge in [-0.05, 0) is 13.0 Å². The van der Waals surface area contributed by atoms with Crippen molar-refractivity contribution in [1.82, 2.24) is 5.32 Å². The highest BCUT2D eigenvalue weighted by Crippen LogP contribution is 1.91. The summed E-state index contributed by atoms with van der Waals surface area (Å²) in [5.74, 6) is 0. The molecule has 0 rings (SSSR count). The van der Waals surface area contributed by atoms with Crippen LogP contribution in [0, 0.1) is 0 Å². The molecule has 0 aromatic carbocycles. The quantitative estimate of drug-likeness (QED) is 0.561. The van der Waals surface area contributed by atoms with Crippen molar-refractivity contribution < 1.29 is 0 Å². The minimum Gasteiger partial charge on any atom is -0.315 e. The Morgan fingerprint density at radius 3 is 2.33 bits per heavy atom. The molecule has 0 saturated carbocycles. The summed E-state index contributed by atoms with van der Waals surface area (Å²) in [5.41, 5.74) is 0. The number of nitrogens with one attached hydrogen (secondary N) is 1. The first kappa shape index (κ1) is 8.96. The monoisotopic (exact) mass is 129 g/mol. The summed E-state index contributed by atoms with van der Waals surface area (Å²) in [5, 5.41) is 3.38. The average Bonchev–Trinajstić information content (AvgIpc) is 1.80. The lowest BCUT2D eigenvalue weighted by molar-refractivity contribution is 0.555. The van der Waals surface area contributed by atoms with Gasteiger partial charge in [-0.25, -0.2) is 0 Å². The third-order valence-electron chi connectivity index (χ3n) is 1.33. The lowest BCUT2D eigenvalue weighted by atomic mass is 10.2. The van der Waals surface area contributed by atoms with Crippen LogP contribution in [0.15, 0.2) is 0 Å². The van der Waals surface area contributed by atoms with E-state index in [1.54, 1.807) is 0 Å². The van der Waals surface area contributed by atoms with Crippen molar-refractivity contribution in [3.8, 4) is 0 Å². The van der Waals surface area contributed by atoms with Crippen molar-refractivity contribution in [2.75, 3.05) is 6.54 Å². The van der Waals surface area contributed by atoms with E-state index in [9.17, 15) is 0 Å². The van der Waals surface area contributed by atoms with Gasteiger partial charge >= 0.3 is 0 Å². The van der Waals surface area contributed by atoms with Gasteiger partial charge in [0.25, 0.3) is 0 Å². The first-order valence-corrected chi connectivity index (χ1v) is 4.00. The third kappa shape index (κ3) is 7.96. The molecule has 0 heterocycles. The smallest absolute Gasteiger partial charge is 0.00103 e. The summed E-state index contributed by atoms with van der Waals surface area (Å²) < 4.78 is 0. The highest BCUT2D eigenvalue weighted by molar-refractivity contribution is 4.51. The van der Waals surface area contributed by atoms with Crippen molar-refractivity contribution >= 4 is 0 Å². The minimum absolute atomic E-state index is 0.654. The number of unbranched alkanes of at least 4 members (excludes halogenated alkanes) is 2. The predicted octanol–water partition coefficient (Wildman–Crippen LogP) is 2.17. The zero-order valence-corrected chi connectivity index (χ0v) is 6.91. The second-order valence-corrected chi connectivity index (χ2v) is 2.82. The summed E-state index contributed by atoms with van der Waals surface area (Å²) in [6, 6.07) is 0.654. The number of rotatable bonds is 5. The van der Waals surface area contributed by atoms with Crippen LogP contribution in [0.25, 0.3) is 0 Å². The van der Waals surface area contributed by atoms with E-state index in [1.807, 2.05) is 0 Å². The van der Waals surface area contributed by atoms with Gasteiger partial charge in [-0.2, -0.15) is 0 Å². The molecule has 0 radical (unpaired) electrons. The Morgan fingerprint density at radius 2 is 1.89 bits per heavy atom. The highest BCUT2D eigenvalue weighted by Gasteiger charge is 1.89. The molecule has 1 heteroatoms. The molecule has 0 spiro atoms. The van der Waals surface area contributed by atoms with Gasteiger partial charge in [0.2, 0.25) is 0 Å². The zero-order chi connectivity index (χ0) is 7.11. The molecule has 9 heavy (non-hydrogen) atoms. The van der Waals surface area contributed by atoms with E-state index in [2.05, 4.69) is 26.1 Å². The van der Waals surface area contributed by atoms with E-state index in [0.29, 0.717) is 6.04 Å². The molecule has 56 valence electrons. The van der Waals surface area contributed by atoms with E-state index >= 15 is 0 Å². The molecule has 0 aromatic heterocycles. The van der Waals surface area contributed by atoms with Gasteiger partial charge < -0.3 is 5.32 Å². The van der Waals surface area contributed by atoms with Gasteiger partial charge in [0.05, 0.1) is 0 Å². The van der Waals surface area contributed by atoms with Gasteiger partial charge in [0.15, 0.2) is 0 Å². The first-order chi connectivity index (χ1) is 4.27. The molecule has 1 nitrogen and oxygen atoms in total. The second kappa shape index (κ2) is 6.09. The molecule has 0 aliphatic heterocycles. The SMILES string of the molecule is CCCCCNC(C)C. The van der Waals surface area contributed by atoms with E-state index in [4.69, 9.17) is 0 Å². The van der Waals surface area contributed by atoms with Gasteiger partial charge in [-0.15, -0.1) is 0 Å². The van der Waals surface area contributed by atoms with Gasteiger partial charge in [0.1, 0.15) is 0 Å². The fourth-order valence-electron chi connectivity index (χ4n) is 0.766. The van der Waals surface area contributed by atoms with Crippen molar-refractivity contribution in [2.24, 2.45) is 0 Å². The number of hydrogen-bond acceptors (Lipinski definition) is 1. The average molecular weight is 129 g/mol. The van der Waals surface area contributed by atoms with Crippen molar-refractivity contribution in [2.45, 2.75) is 46.1 Å². The summed E-state index contributed by atoms with van der Waals surface area (Å²) in [7, 11) is 0. The molecule has 0 bridgehead atoms. The van der Waals surface area contributed by atoms with Crippen LogP contribution in [-0.2, 0) is 0 Å². The van der Waals surface area contributed by atoms with Crippen LogP contribution < -0.4 is 5.32 Å². The Balaban J connectivity index is 2.75. The molecule has 0 aliphatic carbocycles. The zero-order valence-electron chi connectivity index (χ0n) is 6.91. The van der Waals surface area contributed by atoms with E-state index in [0.717, 1.165) is 0 Å². The van der Waals surface area contributed by atoms with E-state index < -0.39 is 0 Å². The number of hydrogen-bond donors (Lipinski definition) is 1. The molecule has 0 aliphatic rings. The standard InChI is InChI=1S/C8H19N/c1-4-5-6-7-9-8(2)3/h8-9H,4-7H2,1-3H3. The predicted molar refractivity (Wildman–Crippen MR) is 42.7 cm³/mol. The molecular formula is C8H19N. The maximum Gasteiger partial charge on any atom is 0.00103 e. The fourth-order valence-corrected chi connectivity index (χ4v) is 0.766. The molecule has 0 aromatic rings. The van der Waals surface area contributed by atoms with Crippen LogP contribution in [0.2, 0.25) is 0 Å². The van der Waals surface area contributed by atoms with Crippen LogP contribution in [0.4, 0.5) is 0 Å². The minimum atomic E-state index is 0.654. The second-order valence-electron chi connectivity index (χ2n) is 2.82.